The highest BCUT2D eigenvalue weighted by molar-refractivity contribution is 7.11. The van der Waals surface area contributed by atoms with Crippen LogP contribution in [0.4, 0.5) is 0 Å². The van der Waals surface area contributed by atoms with Gasteiger partial charge in [0.15, 0.2) is 0 Å². The van der Waals surface area contributed by atoms with Crippen LogP contribution in [-0.4, -0.2) is 31.3 Å². The van der Waals surface area contributed by atoms with Crippen molar-refractivity contribution in [2.75, 3.05) is 20.3 Å². The molecule has 0 saturated heterocycles. The van der Waals surface area contributed by atoms with Gasteiger partial charge in [-0.3, -0.25) is 0 Å². The Morgan fingerprint density at radius 2 is 2.20 bits per heavy atom. The first-order chi connectivity index (χ1) is 7.17. The highest BCUT2D eigenvalue weighted by Gasteiger charge is 2.11. The van der Waals surface area contributed by atoms with Gasteiger partial charge in [-0.15, -0.1) is 11.3 Å². The Kier molecular flexibility index (Phi) is 5.22. The molecule has 0 fully saturated rings. The van der Waals surface area contributed by atoms with Gasteiger partial charge in [-0.1, -0.05) is 0 Å². The summed E-state index contributed by atoms with van der Waals surface area (Å²) in [5, 5.41) is 4.45. The van der Waals surface area contributed by atoms with Gasteiger partial charge in [-0.25, -0.2) is 4.98 Å². The average Bonchev–Trinajstić information content (AvgIpc) is 2.53. The summed E-state index contributed by atoms with van der Waals surface area (Å²) in [5.74, 6) is 0. The van der Waals surface area contributed by atoms with E-state index in [1.54, 1.807) is 11.3 Å². The van der Waals surface area contributed by atoms with Gasteiger partial charge in [0, 0.05) is 23.9 Å². The Hall–Kier alpha value is -0.450. The lowest BCUT2D eigenvalue weighted by Crippen LogP contribution is -2.32. The van der Waals surface area contributed by atoms with Crippen LogP contribution in [0.25, 0.3) is 0 Å². The largest absolute Gasteiger partial charge is 0.380 e. The van der Waals surface area contributed by atoms with Crippen LogP contribution >= 0.6 is 11.3 Å². The zero-order valence-corrected chi connectivity index (χ0v) is 10.8. The predicted molar refractivity (Wildman–Crippen MR) is 64.6 cm³/mol. The van der Waals surface area contributed by atoms with Crippen molar-refractivity contribution in [1.29, 1.82) is 0 Å². The zero-order chi connectivity index (χ0) is 11.3. The summed E-state index contributed by atoms with van der Waals surface area (Å²) in [5.41, 5.74) is 1.15. The third kappa shape index (κ3) is 3.89. The summed E-state index contributed by atoms with van der Waals surface area (Å²) in [6.45, 7) is 7.73. The minimum atomic E-state index is 0.370. The maximum Gasteiger partial charge on any atom is 0.0947 e. The van der Waals surface area contributed by atoms with Crippen molar-refractivity contribution >= 4 is 11.3 Å². The van der Waals surface area contributed by atoms with E-state index in [0.717, 1.165) is 25.3 Å². The van der Waals surface area contributed by atoms with Crippen molar-refractivity contribution < 1.29 is 4.74 Å². The van der Waals surface area contributed by atoms with Gasteiger partial charge < -0.3 is 10.1 Å². The fourth-order valence-corrected chi connectivity index (χ4v) is 2.36. The number of likely N-dealkylation sites (N-methyl/N-ethyl adjacent to an activating group) is 1. The molecule has 0 aromatic carbocycles. The topological polar surface area (TPSA) is 34.1 Å². The molecule has 0 bridgehead atoms. The summed E-state index contributed by atoms with van der Waals surface area (Å²) in [6.07, 6.45) is 0.954. The summed E-state index contributed by atoms with van der Waals surface area (Å²) < 4.78 is 5.41. The van der Waals surface area contributed by atoms with E-state index in [0.29, 0.717) is 6.04 Å². The van der Waals surface area contributed by atoms with E-state index in [9.17, 15) is 0 Å². The Morgan fingerprint density at radius 3 is 2.67 bits per heavy atom. The molecule has 0 saturated carbocycles. The molecule has 4 heteroatoms. The summed E-state index contributed by atoms with van der Waals surface area (Å²) >= 11 is 1.78. The molecule has 1 aromatic heterocycles. The lowest BCUT2D eigenvalue weighted by atomic mass is 10.2. The fraction of sp³-hybridized carbons (Fsp3) is 0.727. The maximum absolute atomic E-state index is 5.41. The lowest BCUT2D eigenvalue weighted by molar-refractivity contribution is 0.125. The second-order valence-electron chi connectivity index (χ2n) is 3.60. The molecule has 1 heterocycles. The smallest absolute Gasteiger partial charge is 0.0947 e. The molecule has 0 aliphatic rings. The molecular weight excluding hydrogens is 208 g/mol. The first kappa shape index (κ1) is 12.6. The molecule has 0 amide bonds. The Bertz CT molecular complexity index is 279. The number of nitrogens with zero attached hydrogens (tertiary/aromatic N) is 1. The first-order valence-corrected chi connectivity index (χ1v) is 6.17. The van der Waals surface area contributed by atoms with Gasteiger partial charge in [0.1, 0.15) is 0 Å². The molecule has 0 spiro atoms. The molecular formula is C11H20N2OS. The molecule has 1 atom stereocenters. The van der Waals surface area contributed by atoms with Crippen molar-refractivity contribution in [3.63, 3.8) is 0 Å². The van der Waals surface area contributed by atoms with Crippen LogP contribution in [0.1, 0.15) is 22.5 Å². The molecule has 15 heavy (non-hydrogen) atoms. The van der Waals surface area contributed by atoms with Gasteiger partial charge in [0.05, 0.1) is 17.3 Å². The van der Waals surface area contributed by atoms with Crippen molar-refractivity contribution in [2.45, 2.75) is 33.2 Å². The Morgan fingerprint density at radius 1 is 1.47 bits per heavy atom. The SMILES string of the molecule is CCOCC(Cc1nc(C)c(C)s1)NC. The van der Waals surface area contributed by atoms with E-state index < -0.39 is 0 Å². The van der Waals surface area contributed by atoms with E-state index in [1.165, 1.54) is 9.88 Å². The average molecular weight is 228 g/mol. The first-order valence-electron chi connectivity index (χ1n) is 5.35. The maximum atomic E-state index is 5.41. The normalized spacial score (nSPS) is 13.1. The second kappa shape index (κ2) is 6.20. The number of aromatic nitrogens is 1. The minimum absolute atomic E-state index is 0.370. The third-order valence-corrected chi connectivity index (χ3v) is 3.52. The van der Waals surface area contributed by atoms with E-state index in [1.807, 2.05) is 14.0 Å². The highest BCUT2D eigenvalue weighted by atomic mass is 32.1. The number of hydrogen-bond acceptors (Lipinski definition) is 4. The molecule has 3 nitrogen and oxygen atoms in total. The van der Waals surface area contributed by atoms with Crippen LogP contribution in [-0.2, 0) is 11.2 Å². The van der Waals surface area contributed by atoms with Gasteiger partial charge in [-0.2, -0.15) is 0 Å². The van der Waals surface area contributed by atoms with Gasteiger partial charge in [-0.05, 0) is 27.8 Å². The van der Waals surface area contributed by atoms with Gasteiger partial charge in [0.2, 0.25) is 0 Å². The summed E-state index contributed by atoms with van der Waals surface area (Å²) in [6, 6.07) is 0.370. The van der Waals surface area contributed by atoms with E-state index in [2.05, 4.69) is 24.1 Å². The van der Waals surface area contributed by atoms with Crippen LogP contribution in [0, 0.1) is 13.8 Å². The molecule has 1 N–H and O–H groups in total. The molecule has 0 aliphatic heterocycles. The van der Waals surface area contributed by atoms with Crippen LogP contribution in [0.15, 0.2) is 0 Å². The van der Waals surface area contributed by atoms with Crippen molar-refractivity contribution in [1.82, 2.24) is 10.3 Å². The van der Waals surface area contributed by atoms with Crippen LogP contribution in [0.2, 0.25) is 0 Å². The number of thiazole rings is 1. The van der Waals surface area contributed by atoms with Crippen LogP contribution < -0.4 is 5.32 Å². The number of nitrogens with one attached hydrogen (secondary N) is 1. The standard InChI is InChI=1S/C11H20N2OS/c1-5-14-7-10(12-4)6-11-13-8(2)9(3)15-11/h10,12H,5-7H2,1-4H3. The molecule has 0 radical (unpaired) electrons. The molecule has 86 valence electrons. The lowest BCUT2D eigenvalue weighted by Gasteiger charge is -2.13. The molecule has 0 aliphatic carbocycles. The summed E-state index contributed by atoms with van der Waals surface area (Å²) in [4.78, 5) is 5.84. The number of aryl methyl sites for hydroxylation is 2. The van der Waals surface area contributed by atoms with Crippen molar-refractivity contribution in [3.05, 3.63) is 15.6 Å². The van der Waals surface area contributed by atoms with Gasteiger partial charge in [0.25, 0.3) is 0 Å². The van der Waals surface area contributed by atoms with E-state index >= 15 is 0 Å². The molecule has 1 unspecified atom stereocenters. The number of ether oxygens (including phenoxy) is 1. The van der Waals surface area contributed by atoms with E-state index in [4.69, 9.17) is 4.74 Å². The second-order valence-corrected chi connectivity index (χ2v) is 4.89. The molecule has 1 rings (SSSR count). The highest BCUT2D eigenvalue weighted by Crippen LogP contribution is 2.17. The molecule has 1 aromatic rings. The van der Waals surface area contributed by atoms with E-state index in [-0.39, 0.29) is 0 Å². The Balaban J connectivity index is 2.50. The van der Waals surface area contributed by atoms with Crippen LogP contribution in [0.3, 0.4) is 0 Å². The minimum Gasteiger partial charge on any atom is -0.380 e. The van der Waals surface area contributed by atoms with Crippen LogP contribution in [0.5, 0.6) is 0 Å². The monoisotopic (exact) mass is 228 g/mol. The number of rotatable bonds is 6. The van der Waals surface area contributed by atoms with Crippen molar-refractivity contribution in [3.8, 4) is 0 Å². The fourth-order valence-electron chi connectivity index (χ4n) is 1.34. The third-order valence-electron chi connectivity index (χ3n) is 2.43. The quantitative estimate of drug-likeness (QED) is 0.808. The zero-order valence-electron chi connectivity index (χ0n) is 9.96. The Labute approximate surface area is 95.9 Å². The van der Waals surface area contributed by atoms with Gasteiger partial charge >= 0.3 is 0 Å². The number of hydrogen-bond donors (Lipinski definition) is 1. The summed E-state index contributed by atoms with van der Waals surface area (Å²) in [7, 11) is 1.97. The van der Waals surface area contributed by atoms with Crippen molar-refractivity contribution in [2.24, 2.45) is 0 Å². The predicted octanol–water partition coefficient (Wildman–Crippen LogP) is 1.93.